The molecule has 7 heteroatoms. The second-order valence-corrected chi connectivity index (χ2v) is 7.94. The zero-order valence-electron chi connectivity index (χ0n) is 17.7. The highest BCUT2D eigenvalue weighted by molar-refractivity contribution is 6.31. The highest BCUT2D eigenvalue weighted by Crippen LogP contribution is 2.33. The van der Waals surface area contributed by atoms with Crippen molar-refractivity contribution in [2.75, 3.05) is 40.0 Å². The van der Waals surface area contributed by atoms with Crippen molar-refractivity contribution < 1.29 is 19.7 Å². The van der Waals surface area contributed by atoms with Crippen molar-refractivity contribution in [1.29, 1.82) is 0 Å². The van der Waals surface area contributed by atoms with E-state index >= 15 is 0 Å². The predicted molar refractivity (Wildman–Crippen MR) is 118 cm³/mol. The molecule has 30 heavy (non-hydrogen) atoms. The van der Waals surface area contributed by atoms with Crippen LogP contribution in [-0.2, 0) is 13.1 Å². The topological polar surface area (TPSA) is 65.4 Å². The summed E-state index contributed by atoms with van der Waals surface area (Å²) in [7, 11) is 1.53. The van der Waals surface area contributed by atoms with Gasteiger partial charge in [0.05, 0.1) is 13.7 Å². The van der Waals surface area contributed by atoms with Gasteiger partial charge in [-0.2, -0.15) is 0 Å². The molecule has 1 unspecified atom stereocenters. The maximum absolute atomic E-state index is 9.90. The predicted octanol–water partition coefficient (Wildman–Crippen LogP) is 3.52. The van der Waals surface area contributed by atoms with E-state index in [1.807, 2.05) is 25.1 Å². The number of phenolic OH excluding ortho intramolecular Hbond substituents is 1. The number of nitrogens with zero attached hydrogens (tertiary/aromatic N) is 2. The van der Waals surface area contributed by atoms with E-state index in [9.17, 15) is 10.2 Å². The second kappa shape index (κ2) is 10.9. The van der Waals surface area contributed by atoms with Crippen molar-refractivity contribution in [2.24, 2.45) is 0 Å². The van der Waals surface area contributed by atoms with Crippen LogP contribution in [0.5, 0.6) is 17.2 Å². The van der Waals surface area contributed by atoms with E-state index in [1.54, 1.807) is 6.07 Å². The third-order valence-corrected chi connectivity index (χ3v) is 5.89. The van der Waals surface area contributed by atoms with Crippen molar-refractivity contribution >= 4 is 11.6 Å². The minimum atomic E-state index is 0.0437. The summed E-state index contributed by atoms with van der Waals surface area (Å²) in [5.74, 6) is 1.39. The zero-order chi connectivity index (χ0) is 21.5. The molecule has 0 amide bonds. The molecule has 1 saturated heterocycles. The molecule has 2 aromatic carbocycles. The minimum absolute atomic E-state index is 0.0437. The number of phenols is 1. The molecule has 0 spiro atoms. The van der Waals surface area contributed by atoms with Crippen LogP contribution in [0.3, 0.4) is 0 Å². The summed E-state index contributed by atoms with van der Waals surface area (Å²) in [6.45, 7) is 6.85. The summed E-state index contributed by atoms with van der Waals surface area (Å²) in [5, 5.41) is 20.1. The Morgan fingerprint density at radius 3 is 2.63 bits per heavy atom. The van der Waals surface area contributed by atoms with Crippen molar-refractivity contribution in [2.45, 2.75) is 32.5 Å². The number of halogens is 1. The summed E-state index contributed by atoms with van der Waals surface area (Å²) in [5.41, 5.74) is 2.09. The molecule has 1 fully saturated rings. The van der Waals surface area contributed by atoms with Gasteiger partial charge in [0.25, 0.3) is 0 Å². The fourth-order valence-electron chi connectivity index (χ4n) is 3.99. The third-order valence-electron chi connectivity index (χ3n) is 5.54. The largest absolute Gasteiger partial charge is 0.504 e. The van der Waals surface area contributed by atoms with Crippen molar-refractivity contribution in [3.63, 3.8) is 0 Å². The zero-order valence-corrected chi connectivity index (χ0v) is 18.4. The smallest absolute Gasteiger partial charge is 0.160 e. The van der Waals surface area contributed by atoms with Gasteiger partial charge in [-0.3, -0.25) is 9.80 Å². The van der Waals surface area contributed by atoms with Crippen LogP contribution in [0.15, 0.2) is 36.4 Å². The molecule has 1 aliphatic heterocycles. The summed E-state index contributed by atoms with van der Waals surface area (Å²) in [6, 6.07) is 11.7. The van der Waals surface area contributed by atoms with E-state index in [4.69, 9.17) is 21.1 Å². The SMILES string of the molecule is CCOc1ccccc1CN1CCN(Cc2cc(OC)c(O)cc2Cl)CC1CCO. The van der Waals surface area contributed by atoms with Crippen LogP contribution in [0.25, 0.3) is 0 Å². The average molecular weight is 435 g/mol. The van der Waals surface area contributed by atoms with Crippen LogP contribution in [0, 0.1) is 0 Å². The molecule has 0 bridgehead atoms. The Morgan fingerprint density at radius 1 is 1.10 bits per heavy atom. The Labute approximate surface area is 183 Å². The molecule has 164 valence electrons. The van der Waals surface area contributed by atoms with Gasteiger partial charge in [-0.1, -0.05) is 29.8 Å². The Bertz CT molecular complexity index is 833. The van der Waals surface area contributed by atoms with E-state index < -0.39 is 0 Å². The highest BCUT2D eigenvalue weighted by atomic mass is 35.5. The normalized spacial score (nSPS) is 17.8. The molecular formula is C23H31ClN2O4. The first-order chi connectivity index (χ1) is 14.5. The lowest BCUT2D eigenvalue weighted by Gasteiger charge is -2.41. The lowest BCUT2D eigenvalue weighted by atomic mass is 10.1. The molecule has 0 radical (unpaired) electrons. The molecule has 2 N–H and O–H groups in total. The van der Waals surface area contributed by atoms with Crippen LogP contribution in [0.2, 0.25) is 5.02 Å². The summed E-state index contributed by atoms with van der Waals surface area (Å²) in [4.78, 5) is 4.76. The second-order valence-electron chi connectivity index (χ2n) is 7.53. The summed E-state index contributed by atoms with van der Waals surface area (Å²) in [6.07, 6.45) is 0.708. The molecule has 0 aromatic heterocycles. The van der Waals surface area contributed by atoms with Crippen LogP contribution in [-0.4, -0.2) is 66.0 Å². The number of para-hydroxylation sites is 1. The number of piperazine rings is 1. The molecule has 1 aliphatic rings. The van der Waals surface area contributed by atoms with Crippen molar-refractivity contribution in [1.82, 2.24) is 9.80 Å². The molecule has 2 aromatic rings. The van der Waals surface area contributed by atoms with Gasteiger partial charge in [-0.25, -0.2) is 0 Å². The first-order valence-corrected chi connectivity index (χ1v) is 10.8. The molecule has 3 rings (SSSR count). The molecular weight excluding hydrogens is 404 g/mol. The van der Waals surface area contributed by atoms with Crippen molar-refractivity contribution in [3.8, 4) is 17.2 Å². The van der Waals surface area contributed by atoms with E-state index in [0.29, 0.717) is 30.3 Å². The van der Waals surface area contributed by atoms with Gasteiger partial charge in [0.2, 0.25) is 0 Å². The van der Waals surface area contributed by atoms with E-state index in [1.165, 1.54) is 18.7 Å². The number of aliphatic hydroxyl groups is 1. The number of methoxy groups -OCH3 is 1. The van der Waals surface area contributed by atoms with Gasteiger partial charge >= 0.3 is 0 Å². The van der Waals surface area contributed by atoms with E-state index in [0.717, 1.165) is 37.5 Å². The van der Waals surface area contributed by atoms with Gasteiger partial charge < -0.3 is 19.7 Å². The average Bonchev–Trinajstić information content (AvgIpc) is 2.73. The standard InChI is InChI=1S/C23H31ClN2O4/c1-3-30-22-7-5-4-6-17(22)15-26-10-9-25(16-19(26)8-11-27)14-18-12-23(29-2)21(28)13-20(18)24/h4-7,12-13,19,27-28H,3,8-11,14-16H2,1-2H3. The Kier molecular flexibility index (Phi) is 8.22. The number of hydrogen-bond donors (Lipinski definition) is 2. The fourth-order valence-corrected chi connectivity index (χ4v) is 4.21. The van der Waals surface area contributed by atoms with Crippen LogP contribution in [0.4, 0.5) is 0 Å². The maximum atomic E-state index is 9.90. The third kappa shape index (κ3) is 5.58. The quantitative estimate of drug-likeness (QED) is 0.629. The van der Waals surface area contributed by atoms with Gasteiger partial charge in [0, 0.05) is 62.0 Å². The maximum Gasteiger partial charge on any atom is 0.160 e. The Hall–Kier alpha value is -1.99. The molecule has 6 nitrogen and oxygen atoms in total. The summed E-state index contributed by atoms with van der Waals surface area (Å²) >= 11 is 6.35. The number of rotatable bonds is 9. The minimum Gasteiger partial charge on any atom is -0.504 e. The number of hydrogen-bond acceptors (Lipinski definition) is 6. The van der Waals surface area contributed by atoms with Crippen molar-refractivity contribution in [3.05, 3.63) is 52.5 Å². The number of aliphatic hydroxyl groups excluding tert-OH is 1. The lowest BCUT2D eigenvalue weighted by Crippen LogP contribution is -2.52. The molecule has 0 aliphatic carbocycles. The first kappa shape index (κ1) is 22.7. The fraction of sp³-hybridized carbons (Fsp3) is 0.478. The van der Waals surface area contributed by atoms with E-state index in [2.05, 4.69) is 15.9 Å². The molecule has 1 atom stereocenters. The van der Waals surface area contributed by atoms with Gasteiger partial charge in [-0.05, 0) is 31.0 Å². The Morgan fingerprint density at radius 2 is 1.90 bits per heavy atom. The summed E-state index contributed by atoms with van der Waals surface area (Å²) < 4.78 is 11.0. The number of ether oxygens (including phenoxy) is 2. The van der Waals surface area contributed by atoms with E-state index in [-0.39, 0.29) is 18.4 Å². The van der Waals surface area contributed by atoms with Crippen LogP contribution in [0.1, 0.15) is 24.5 Å². The van der Waals surface area contributed by atoms with Gasteiger partial charge in [0.1, 0.15) is 5.75 Å². The first-order valence-electron chi connectivity index (χ1n) is 10.4. The van der Waals surface area contributed by atoms with Gasteiger partial charge in [-0.15, -0.1) is 0 Å². The van der Waals surface area contributed by atoms with Crippen LogP contribution >= 0.6 is 11.6 Å². The Balaban J connectivity index is 1.70. The van der Waals surface area contributed by atoms with Crippen LogP contribution < -0.4 is 9.47 Å². The molecule has 0 saturated carbocycles. The highest BCUT2D eigenvalue weighted by Gasteiger charge is 2.28. The number of aromatic hydroxyl groups is 1. The van der Waals surface area contributed by atoms with Gasteiger partial charge in [0.15, 0.2) is 11.5 Å². The molecule has 1 heterocycles. The monoisotopic (exact) mass is 434 g/mol. The lowest BCUT2D eigenvalue weighted by molar-refractivity contribution is 0.0494. The number of benzene rings is 2.